The van der Waals surface area contributed by atoms with E-state index in [4.69, 9.17) is 0 Å². The molecule has 1 aromatic carbocycles. The zero-order valence-electron chi connectivity index (χ0n) is 13.1. The van der Waals surface area contributed by atoms with E-state index < -0.39 is 5.97 Å². The average Bonchev–Trinajstić information content (AvgIpc) is 2.35. The quantitative estimate of drug-likeness (QED) is 0.932. The Morgan fingerprint density at radius 3 is 2.14 bits per heavy atom. The van der Waals surface area contributed by atoms with E-state index in [9.17, 15) is 9.90 Å². The van der Waals surface area contributed by atoms with Crippen LogP contribution in [-0.2, 0) is 0 Å². The SMILES string of the molecule is Cc1cc(C)cc(N(C)c2cc(C)nc(C)c2C(=O)O)c1. The molecule has 0 aliphatic carbocycles. The second-order valence-electron chi connectivity index (χ2n) is 5.45. The molecule has 0 atom stereocenters. The van der Waals surface area contributed by atoms with Gasteiger partial charge in [0.2, 0.25) is 0 Å². The first kappa shape index (κ1) is 15.0. The minimum atomic E-state index is -0.953. The van der Waals surface area contributed by atoms with Crippen molar-refractivity contribution < 1.29 is 9.90 Å². The Morgan fingerprint density at radius 1 is 1.05 bits per heavy atom. The zero-order valence-corrected chi connectivity index (χ0v) is 13.1. The maximum Gasteiger partial charge on any atom is 0.339 e. The summed E-state index contributed by atoms with van der Waals surface area (Å²) in [6.45, 7) is 7.67. The molecule has 0 bridgehead atoms. The highest BCUT2D eigenvalue weighted by Gasteiger charge is 2.19. The minimum Gasteiger partial charge on any atom is -0.478 e. The minimum absolute atomic E-state index is 0.252. The van der Waals surface area contributed by atoms with Gasteiger partial charge in [-0.2, -0.15) is 0 Å². The van der Waals surface area contributed by atoms with Crippen LogP contribution in [0.5, 0.6) is 0 Å². The molecule has 0 unspecified atom stereocenters. The predicted molar refractivity (Wildman–Crippen MR) is 84.6 cm³/mol. The molecule has 0 aliphatic rings. The van der Waals surface area contributed by atoms with Crippen molar-refractivity contribution in [3.05, 3.63) is 52.3 Å². The number of nitrogens with zero attached hydrogens (tertiary/aromatic N) is 2. The lowest BCUT2D eigenvalue weighted by molar-refractivity contribution is 0.0696. The van der Waals surface area contributed by atoms with Gasteiger partial charge in [0.05, 0.1) is 11.4 Å². The molecule has 4 heteroatoms. The van der Waals surface area contributed by atoms with Gasteiger partial charge in [0, 0.05) is 18.4 Å². The molecule has 0 fully saturated rings. The number of benzene rings is 1. The molecule has 0 radical (unpaired) electrons. The Balaban J connectivity index is 2.62. The Kier molecular flexibility index (Phi) is 3.98. The summed E-state index contributed by atoms with van der Waals surface area (Å²) in [5.41, 5.74) is 5.53. The fourth-order valence-corrected chi connectivity index (χ4v) is 2.62. The number of hydrogen-bond acceptors (Lipinski definition) is 3. The van der Waals surface area contributed by atoms with Gasteiger partial charge in [0.25, 0.3) is 0 Å². The number of hydrogen-bond donors (Lipinski definition) is 1. The number of rotatable bonds is 3. The van der Waals surface area contributed by atoms with Crippen molar-refractivity contribution >= 4 is 17.3 Å². The van der Waals surface area contributed by atoms with Crippen LogP contribution in [0.4, 0.5) is 11.4 Å². The summed E-state index contributed by atoms with van der Waals surface area (Å²) in [7, 11) is 1.88. The normalized spacial score (nSPS) is 10.5. The highest BCUT2D eigenvalue weighted by Crippen LogP contribution is 2.30. The topological polar surface area (TPSA) is 53.4 Å². The predicted octanol–water partition coefficient (Wildman–Crippen LogP) is 3.78. The van der Waals surface area contributed by atoms with Crippen LogP contribution in [0, 0.1) is 27.7 Å². The van der Waals surface area contributed by atoms with Gasteiger partial charge in [-0.05, 0) is 57.0 Å². The largest absolute Gasteiger partial charge is 0.478 e. The molecule has 0 saturated carbocycles. The molecule has 1 N–H and O–H groups in total. The van der Waals surface area contributed by atoms with Gasteiger partial charge >= 0.3 is 5.97 Å². The Labute approximate surface area is 125 Å². The molecule has 2 aromatic rings. The molecule has 0 aliphatic heterocycles. The first-order valence-corrected chi connectivity index (χ1v) is 6.83. The van der Waals surface area contributed by atoms with Crippen LogP contribution in [-0.4, -0.2) is 23.1 Å². The van der Waals surface area contributed by atoms with Gasteiger partial charge in [0.15, 0.2) is 0 Å². The second-order valence-corrected chi connectivity index (χ2v) is 5.45. The van der Waals surface area contributed by atoms with E-state index in [2.05, 4.69) is 11.1 Å². The van der Waals surface area contributed by atoms with E-state index in [-0.39, 0.29) is 5.56 Å². The highest BCUT2D eigenvalue weighted by molar-refractivity contribution is 5.96. The fourth-order valence-electron chi connectivity index (χ4n) is 2.62. The van der Waals surface area contributed by atoms with Crippen molar-refractivity contribution in [2.45, 2.75) is 27.7 Å². The van der Waals surface area contributed by atoms with E-state index in [1.165, 1.54) is 0 Å². The van der Waals surface area contributed by atoms with Gasteiger partial charge in [-0.15, -0.1) is 0 Å². The Hall–Kier alpha value is -2.36. The first-order valence-electron chi connectivity index (χ1n) is 6.83. The lowest BCUT2D eigenvalue weighted by atomic mass is 10.1. The third kappa shape index (κ3) is 3.05. The van der Waals surface area contributed by atoms with Crippen LogP contribution in [0.15, 0.2) is 24.3 Å². The maximum absolute atomic E-state index is 11.6. The van der Waals surface area contributed by atoms with Crippen molar-refractivity contribution in [3.8, 4) is 0 Å². The number of aryl methyl sites for hydroxylation is 4. The van der Waals surface area contributed by atoms with Crippen molar-refractivity contribution in [2.24, 2.45) is 0 Å². The summed E-state index contributed by atoms with van der Waals surface area (Å²) in [5, 5.41) is 9.48. The standard InChI is InChI=1S/C17H20N2O2/c1-10-6-11(2)8-14(7-10)19(5)15-9-12(3)18-13(4)16(15)17(20)21/h6-9H,1-5H3,(H,20,21). The van der Waals surface area contributed by atoms with Crippen molar-refractivity contribution in [1.82, 2.24) is 4.98 Å². The van der Waals surface area contributed by atoms with E-state index in [1.807, 2.05) is 50.9 Å². The highest BCUT2D eigenvalue weighted by atomic mass is 16.4. The van der Waals surface area contributed by atoms with Gasteiger partial charge < -0.3 is 10.0 Å². The van der Waals surface area contributed by atoms with Crippen LogP contribution in [0.25, 0.3) is 0 Å². The van der Waals surface area contributed by atoms with Crippen molar-refractivity contribution in [3.63, 3.8) is 0 Å². The lowest BCUT2D eigenvalue weighted by Crippen LogP contribution is -2.16. The molecule has 0 saturated heterocycles. The molecule has 1 heterocycles. The molecule has 0 amide bonds. The summed E-state index contributed by atoms with van der Waals surface area (Å²) in [4.78, 5) is 17.7. The maximum atomic E-state index is 11.6. The summed E-state index contributed by atoms with van der Waals surface area (Å²) < 4.78 is 0. The van der Waals surface area contributed by atoms with E-state index in [0.29, 0.717) is 11.4 Å². The van der Waals surface area contributed by atoms with Crippen molar-refractivity contribution in [2.75, 3.05) is 11.9 Å². The van der Waals surface area contributed by atoms with E-state index >= 15 is 0 Å². The molecule has 1 aromatic heterocycles. The van der Waals surface area contributed by atoms with Crippen molar-refractivity contribution in [1.29, 1.82) is 0 Å². The smallest absolute Gasteiger partial charge is 0.339 e. The zero-order chi connectivity index (χ0) is 15.7. The van der Waals surface area contributed by atoms with Crippen LogP contribution in [0.3, 0.4) is 0 Å². The summed E-state index contributed by atoms with van der Waals surface area (Å²) in [6, 6.07) is 8.00. The number of carboxylic acid groups (broad SMARTS) is 1. The van der Waals surface area contributed by atoms with Crippen LogP contribution >= 0.6 is 0 Å². The number of pyridine rings is 1. The number of anilines is 2. The molecule has 110 valence electrons. The molecular formula is C17H20N2O2. The lowest BCUT2D eigenvalue weighted by Gasteiger charge is -2.23. The monoisotopic (exact) mass is 284 g/mol. The third-order valence-corrected chi connectivity index (χ3v) is 3.48. The third-order valence-electron chi connectivity index (χ3n) is 3.48. The van der Waals surface area contributed by atoms with Gasteiger partial charge in [-0.1, -0.05) is 6.07 Å². The molecular weight excluding hydrogens is 264 g/mol. The second kappa shape index (κ2) is 5.56. The Bertz CT molecular complexity index is 688. The fraction of sp³-hybridized carbons (Fsp3) is 0.294. The number of aromatic nitrogens is 1. The summed E-state index contributed by atoms with van der Waals surface area (Å²) in [6.07, 6.45) is 0. The van der Waals surface area contributed by atoms with Gasteiger partial charge in [0.1, 0.15) is 5.56 Å². The summed E-state index contributed by atoms with van der Waals surface area (Å²) in [5.74, 6) is -0.953. The molecule has 0 spiro atoms. The van der Waals surface area contributed by atoms with Gasteiger partial charge in [-0.3, -0.25) is 4.98 Å². The van der Waals surface area contributed by atoms with Crippen LogP contribution in [0.2, 0.25) is 0 Å². The molecule has 2 rings (SSSR count). The number of aromatic carboxylic acids is 1. The summed E-state index contributed by atoms with van der Waals surface area (Å²) >= 11 is 0. The van der Waals surface area contributed by atoms with Crippen LogP contribution < -0.4 is 4.90 Å². The Morgan fingerprint density at radius 2 is 1.62 bits per heavy atom. The number of carboxylic acids is 1. The van der Waals surface area contributed by atoms with E-state index in [1.54, 1.807) is 6.92 Å². The van der Waals surface area contributed by atoms with E-state index in [0.717, 1.165) is 22.5 Å². The van der Waals surface area contributed by atoms with Crippen LogP contribution in [0.1, 0.15) is 32.9 Å². The molecule has 21 heavy (non-hydrogen) atoms. The molecule has 4 nitrogen and oxygen atoms in total. The number of carbonyl (C=O) groups is 1. The van der Waals surface area contributed by atoms with Gasteiger partial charge in [-0.25, -0.2) is 4.79 Å². The first-order chi connectivity index (χ1) is 9.79. The average molecular weight is 284 g/mol.